The number of carboxylic acid groups (broad SMARTS) is 1. The van der Waals surface area contributed by atoms with E-state index in [1.54, 1.807) is 40.9 Å². The van der Waals surface area contributed by atoms with Crippen LogP contribution in [0.15, 0.2) is 65.8 Å². The van der Waals surface area contributed by atoms with Gasteiger partial charge in [0, 0.05) is 4.88 Å². The Bertz CT molecular complexity index is 1130. The van der Waals surface area contributed by atoms with Gasteiger partial charge in [0.1, 0.15) is 0 Å². The minimum Gasteiger partial charge on any atom is -0.478 e. The Morgan fingerprint density at radius 2 is 1.93 bits per heavy atom. The minimum atomic E-state index is -0.925. The summed E-state index contributed by atoms with van der Waals surface area (Å²) in [6.07, 6.45) is 0. The van der Waals surface area contributed by atoms with E-state index in [9.17, 15) is 4.79 Å². The summed E-state index contributed by atoms with van der Waals surface area (Å²) in [6, 6.07) is 18.9. The lowest BCUT2D eigenvalue weighted by Crippen LogP contribution is -1.96. The van der Waals surface area contributed by atoms with E-state index in [1.807, 2.05) is 49.4 Å². The largest absolute Gasteiger partial charge is 0.478 e. The summed E-state index contributed by atoms with van der Waals surface area (Å²) < 4.78 is 1.12. The third kappa shape index (κ3) is 3.74. The first kappa shape index (κ1) is 17.4. The lowest BCUT2D eigenvalue weighted by atomic mass is 10.1. The van der Waals surface area contributed by atoms with Gasteiger partial charge in [0.05, 0.1) is 26.4 Å². The molecule has 0 fully saturated rings. The molecule has 0 saturated heterocycles. The Kier molecular flexibility index (Phi) is 4.70. The van der Waals surface area contributed by atoms with Crippen LogP contribution < -0.4 is 5.43 Å². The molecule has 4 aromatic rings. The average molecular weight is 393 g/mol. The van der Waals surface area contributed by atoms with Gasteiger partial charge in [-0.2, -0.15) is 5.10 Å². The van der Waals surface area contributed by atoms with E-state index in [0.717, 1.165) is 36.4 Å². The van der Waals surface area contributed by atoms with Gasteiger partial charge in [0.2, 0.25) is 5.13 Å². The zero-order valence-corrected chi connectivity index (χ0v) is 16.0. The summed E-state index contributed by atoms with van der Waals surface area (Å²) in [6.45, 7) is 1.93. The third-order valence-corrected chi connectivity index (χ3v) is 6.15. The van der Waals surface area contributed by atoms with Crippen LogP contribution in [-0.4, -0.2) is 21.8 Å². The first-order valence-corrected chi connectivity index (χ1v) is 9.83. The number of aromatic nitrogens is 1. The Labute approximate surface area is 163 Å². The van der Waals surface area contributed by atoms with Gasteiger partial charge in [-0.3, -0.25) is 5.43 Å². The monoisotopic (exact) mass is 393 g/mol. The number of rotatable bonds is 5. The molecule has 0 atom stereocenters. The van der Waals surface area contributed by atoms with E-state index in [2.05, 4.69) is 15.5 Å². The van der Waals surface area contributed by atoms with Crippen molar-refractivity contribution >= 4 is 49.7 Å². The number of anilines is 1. The fraction of sp³-hybridized carbons (Fsp3) is 0.0500. The normalized spacial score (nSPS) is 11.7. The lowest BCUT2D eigenvalue weighted by molar-refractivity contribution is 0.0697. The van der Waals surface area contributed by atoms with Crippen molar-refractivity contribution in [1.82, 2.24) is 4.98 Å². The van der Waals surface area contributed by atoms with Crippen molar-refractivity contribution in [3.8, 4) is 10.4 Å². The fourth-order valence-electron chi connectivity index (χ4n) is 2.60. The van der Waals surface area contributed by atoms with Crippen LogP contribution in [0.1, 0.15) is 22.2 Å². The molecule has 2 heterocycles. The van der Waals surface area contributed by atoms with Crippen molar-refractivity contribution in [3.63, 3.8) is 0 Å². The van der Waals surface area contributed by atoms with E-state index < -0.39 is 5.97 Å². The first-order valence-electron chi connectivity index (χ1n) is 8.20. The van der Waals surface area contributed by atoms with Crippen molar-refractivity contribution in [2.45, 2.75) is 6.92 Å². The second-order valence-electron chi connectivity index (χ2n) is 5.85. The van der Waals surface area contributed by atoms with E-state index in [1.165, 1.54) is 0 Å². The molecule has 2 aromatic carbocycles. The van der Waals surface area contributed by atoms with Gasteiger partial charge in [-0.1, -0.05) is 35.6 Å². The molecule has 0 amide bonds. The number of hydrazone groups is 1. The van der Waals surface area contributed by atoms with Gasteiger partial charge in [-0.25, -0.2) is 9.78 Å². The molecule has 0 radical (unpaired) electrons. The van der Waals surface area contributed by atoms with Crippen LogP contribution >= 0.6 is 22.7 Å². The molecule has 0 aliphatic carbocycles. The minimum absolute atomic E-state index is 0.283. The summed E-state index contributed by atoms with van der Waals surface area (Å²) in [5.74, 6) is -0.925. The van der Waals surface area contributed by atoms with Crippen LogP contribution in [0.4, 0.5) is 5.13 Å². The number of carbonyl (C=O) groups is 1. The Morgan fingerprint density at radius 3 is 2.74 bits per heavy atom. The number of thiophene rings is 1. The molecule has 0 saturated carbocycles. The molecule has 0 aliphatic rings. The molecule has 4 rings (SSSR count). The molecule has 0 bridgehead atoms. The van der Waals surface area contributed by atoms with Crippen LogP contribution in [0.3, 0.4) is 0 Å². The van der Waals surface area contributed by atoms with Crippen molar-refractivity contribution in [2.75, 3.05) is 5.43 Å². The highest BCUT2D eigenvalue weighted by Crippen LogP contribution is 2.30. The summed E-state index contributed by atoms with van der Waals surface area (Å²) in [4.78, 5) is 17.7. The van der Waals surface area contributed by atoms with Crippen LogP contribution in [0, 0.1) is 0 Å². The average Bonchev–Trinajstić information content (AvgIpc) is 3.33. The van der Waals surface area contributed by atoms with Crippen molar-refractivity contribution in [2.24, 2.45) is 5.10 Å². The highest BCUT2D eigenvalue weighted by Gasteiger charge is 2.09. The molecular formula is C20H15N3O2S2. The standard InChI is InChI=1S/C20H15N3O2S2/c1-12(22-23-20-21-15-7-2-3-8-18(15)27-20)16-9-10-17(26-16)13-5-4-6-14(11-13)19(24)25/h2-11H,1H3,(H,21,23)(H,24,25)/b22-12+. The number of carboxylic acids is 1. The molecule has 27 heavy (non-hydrogen) atoms. The number of hydrogen-bond acceptors (Lipinski definition) is 6. The van der Waals surface area contributed by atoms with Crippen LogP contribution in [0.5, 0.6) is 0 Å². The highest BCUT2D eigenvalue weighted by atomic mass is 32.1. The van der Waals surface area contributed by atoms with E-state index in [0.29, 0.717) is 0 Å². The second-order valence-corrected chi connectivity index (χ2v) is 7.96. The summed E-state index contributed by atoms with van der Waals surface area (Å²) in [5.41, 5.74) is 6.00. The maximum Gasteiger partial charge on any atom is 0.335 e. The van der Waals surface area contributed by atoms with Crippen molar-refractivity contribution in [1.29, 1.82) is 0 Å². The number of para-hydroxylation sites is 1. The van der Waals surface area contributed by atoms with E-state index in [-0.39, 0.29) is 5.56 Å². The number of hydrogen-bond donors (Lipinski definition) is 2. The topological polar surface area (TPSA) is 74.6 Å². The van der Waals surface area contributed by atoms with Crippen LogP contribution in [0.25, 0.3) is 20.7 Å². The predicted molar refractivity (Wildman–Crippen MR) is 112 cm³/mol. The lowest BCUT2D eigenvalue weighted by Gasteiger charge is -2.00. The first-order chi connectivity index (χ1) is 13.1. The summed E-state index contributed by atoms with van der Waals surface area (Å²) in [5, 5.41) is 14.3. The number of thiazole rings is 1. The number of nitrogens with one attached hydrogen (secondary N) is 1. The van der Waals surface area contributed by atoms with Gasteiger partial charge < -0.3 is 5.11 Å². The third-order valence-electron chi connectivity index (χ3n) is 3.97. The summed E-state index contributed by atoms with van der Waals surface area (Å²) in [7, 11) is 0. The maximum absolute atomic E-state index is 11.2. The predicted octanol–water partition coefficient (Wildman–Crippen LogP) is 5.56. The van der Waals surface area contributed by atoms with E-state index in [4.69, 9.17) is 5.11 Å². The Hall–Kier alpha value is -3.03. The van der Waals surface area contributed by atoms with E-state index >= 15 is 0 Å². The molecule has 0 spiro atoms. The highest BCUT2D eigenvalue weighted by molar-refractivity contribution is 7.22. The van der Waals surface area contributed by atoms with Gasteiger partial charge in [0.15, 0.2) is 0 Å². The van der Waals surface area contributed by atoms with Crippen LogP contribution in [0.2, 0.25) is 0 Å². The molecular weight excluding hydrogens is 378 g/mol. The number of nitrogens with zero attached hydrogens (tertiary/aromatic N) is 2. The number of fused-ring (bicyclic) bond motifs is 1. The molecule has 2 N–H and O–H groups in total. The fourth-order valence-corrected chi connectivity index (χ4v) is 4.36. The molecule has 0 aliphatic heterocycles. The van der Waals surface area contributed by atoms with Crippen molar-refractivity contribution in [3.05, 3.63) is 71.1 Å². The SMILES string of the molecule is C/C(=N\Nc1nc2ccccc2s1)c1ccc(-c2cccc(C(=O)O)c2)s1. The van der Waals surface area contributed by atoms with Gasteiger partial charge in [0.25, 0.3) is 0 Å². The quantitative estimate of drug-likeness (QED) is 0.344. The molecule has 7 heteroatoms. The van der Waals surface area contributed by atoms with Gasteiger partial charge >= 0.3 is 5.97 Å². The van der Waals surface area contributed by atoms with Gasteiger partial charge in [-0.05, 0) is 48.9 Å². The number of benzene rings is 2. The molecule has 134 valence electrons. The zero-order chi connectivity index (χ0) is 18.8. The van der Waals surface area contributed by atoms with Crippen molar-refractivity contribution < 1.29 is 9.90 Å². The molecule has 5 nitrogen and oxygen atoms in total. The Balaban J connectivity index is 1.54. The summed E-state index contributed by atoms with van der Waals surface area (Å²) >= 11 is 3.13. The maximum atomic E-state index is 11.2. The molecule has 0 unspecified atom stereocenters. The zero-order valence-electron chi connectivity index (χ0n) is 14.3. The number of aromatic carboxylic acids is 1. The second kappa shape index (κ2) is 7.30. The smallest absolute Gasteiger partial charge is 0.335 e. The Morgan fingerprint density at radius 1 is 1.07 bits per heavy atom. The van der Waals surface area contributed by atoms with Gasteiger partial charge in [-0.15, -0.1) is 11.3 Å². The van der Waals surface area contributed by atoms with Crippen LogP contribution in [-0.2, 0) is 0 Å². The molecule has 2 aromatic heterocycles.